The molecule has 0 fully saturated rings. The second kappa shape index (κ2) is 7.98. The predicted molar refractivity (Wildman–Crippen MR) is 58.2 cm³/mol. The predicted octanol–water partition coefficient (Wildman–Crippen LogP) is 2.62. The van der Waals surface area contributed by atoms with Crippen LogP contribution < -0.4 is 5.32 Å². The Bertz CT molecular complexity index is 146. The van der Waals surface area contributed by atoms with E-state index in [1.807, 2.05) is 20.8 Å². The first-order valence-corrected chi connectivity index (χ1v) is 13.0. The summed E-state index contributed by atoms with van der Waals surface area (Å²) in [5.74, 6) is 0. The van der Waals surface area contributed by atoms with Crippen LogP contribution in [0.4, 0.5) is 4.79 Å². The Kier molecular flexibility index (Phi) is 9.86. The van der Waals surface area contributed by atoms with Gasteiger partial charge in [0.15, 0.2) is 0 Å². The van der Waals surface area contributed by atoms with Crippen molar-refractivity contribution in [2.24, 2.45) is 0 Å². The molecule has 0 aromatic heterocycles. The third-order valence-electron chi connectivity index (χ3n) is 0.763. The Hall–Kier alpha value is 0.623. The summed E-state index contributed by atoms with van der Waals surface area (Å²) in [4.78, 5) is 10.9. The quantitative estimate of drug-likeness (QED) is 0.448. The van der Waals surface area contributed by atoms with Gasteiger partial charge in [-0.1, -0.05) is 13.0 Å². The summed E-state index contributed by atoms with van der Waals surface area (Å²) in [7, 11) is 0. The van der Waals surface area contributed by atoms with Gasteiger partial charge in [0, 0.05) is 0 Å². The second-order valence-electron chi connectivity index (χ2n) is 3.55. The number of hydrogen-bond donors (Lipinski definition) is 1. The molecule has 1 N–H and O–H groups in total. The number of carbonyl (C=O) groups excluding carboxylic acids is 1. The van der Waals surface area contributed by atoms with Crippen LogP contribution in [0.5, 0.6) is 0 Å². The van der Waals surface area contributed by atoms with Crippen LogP contribution >= 0.6 is 19.8 Å². The molecule has 5 heteroatoms. The number of alkyl carbamates (subject to hydrolysis) is 1. The fourth-order valence-corrected chi connectivity index (χ4v) is 0.509. The Morgan fingerprint density at radius 1 is 1.54 bits per heavy atom. The maximum absolute atomic E-state index is 10.9. The van der Waals surface area contributed by atoms with Crippen molar-refractivity contribution < 1.29 is 24.3 Å². The summed E-state index contributed by atoms with van der Waals surface area (Å²) < 4.78 is 4.96. The van der Waals surface area contributed by atoms with Crippen molar-refractivity contribution in [2.45, 2.75) is 39.3 Å². The number of hydrogen-bond acceptors (Lipinski definition) is 2. The third kappa shape index (κ3) is 15.4. The van der Waals surface area contributed by atoms with Crippen molar-refractivity contribution in [3.05, 3.63) is 6.92 Å². The van der Waals surface area contributed by atoms with Crippen molar-refractivity contribution in [1.29, 1.82) is 0 Å². The molecular weight excluding hydrogens is 334 g/mol. The van der Waals surface area contributed by atoms with Crippen molar-refractivity contribution in [2.75, 3.05) is 0 Å². The van der Waals surface area contributed by atoms with E-state index in [1.165, 1.54) is 14.8 Å². The molecule has 0 radical (unpaired) electrons. The van der Waals surface area contributed by atoms with E-state index in [1.54, 1.807) is 6.92 Å². The summed E-state index contributed by atoms with van der Waals surface area (Å²) in [5.41, 5.74) is -0.432. The van der Waals surface area contributed by atoms with Crippen molar-refractivity contribution in [1.82, 2.24) is 5.32 Å². The van der Waals surface area contributed by atoms with E-state index < -0.39 is 11.7 Å². The molecule has 0 rings (SSSR count). The van der Waals surface area contributed by atoms with E-state index in [0.29, 0.717) is 0 Å². The molecule has 1 amide bonds. The van der Waals surface area contributed by atoms with E-state index in [0.717, 1.165) is 0 Å². The maximum atomic E-state index is 10.9. The van der Waals surface area contributed by atoms with E-state index in [-0.39, 0.29) is 6.04 Å². The molecule has 0 bridgehead atoms. The van der Waals surface area contributed by atoms with E-state index in [9.17, 15) is 4.79 Å². The molecule has 0 saturated carbocycles. The standard InChI is InChI=1S/C8H16NO2.HI.Zn/c1-6(2)9-7(10)11-8(3,4)5;;/h6H,1H2,2-5H3,(H,9,10);1H;/q-1;;+2/p-1/t6-;;/m1../s1. The van der Waals surface area contributed by atoms with Gasteiger partial charge in [0.25, 0.3) is 0 Å². The van der Waals surface area contributed by atoms with Crippen LogP contribution in [0.3, 0.4) is 0 Å². The van der Waals surface area contributed by atoms with Gasteiger partial charge >= 0.3 is 40.6 Å². The molecule has 0 saturated heterocycles. The van der Waals surface area contributed by atoms with Gasteiger partial charge in [-0.15, -0.1) is 0 Å². The first kappa shape index (κ1) is 16.1. The zero-order valence-corrected chi connectivity index (χ0v) is 13.8. The number of amides is 1. The minimum absolute atomic E-state index is 0.121. The normalized spacial score (nSPS) is 12.3. The average Bonchev–Trinajstić information content (AvgIpc) is 1.85. The number of ether oxygens (including phenoxy) is 1. The summed E-state index contributed by atoms with van der Waals surface area (Å²) in [6.07, 6.45) is -0.417. The van der Waals surface area contributed by atoms with Gasteiger partial charge in [-0.25, -0.2) is 4.79 Å². The zero-order valence-electron chi connectivity index (χ0n) is 8.69. The van der Waals surface area contributed by atoms with Gasteiger partial charge in [-0.05, 0) is 20.8 Å². The van der Waals surface area contributed by atoms with Crippen LogP contribution in [-0.4, -0.2) is 17.7 Å². The molecule has 0 aromatic rings. The molecule has 74 valence electrons. The van der Waals surface area contributed by atoms with Crippen molar-refractivity contribution in [3.63, 3.8) is 0 Å². The van der Waals surface area contributed by atoms with Crippen molar-refractivity contribution >= 4 is 25.8 Å². The van der Waals surface area contributed by atoms with Crippen molar-refractivity contribution in [3.8, 4) is 0 Å². The number of rotatable bonds is 1. The molecular formula is C8H16INO2Zn. The second-order valence-corrected chi connectivity index (χ2v) is 3.55. The summed E-state index contributed by atoms with van der Waals surface area (Å²) >= 11 is 3.62. The first-order valence-electron chi connectivity index (χ1n) is 3.90. The molecule has 3 nitrogen and oxygen atoms in total. The minimum atomic E-state index is -0.432. The number of carbonyl (C=O) groups is 1. The Labute approximate surface area is 101 Å². The number of halogens is 1. The van der Waals surface area contributed by atoms with Gasteiger partial charge in [0.2, 0.25) is 0 Å². The monoisotopic (exact) mass is 349 g/mol. The van der Waals surface area contributed by atoms with Crippen LogP contribution in [0.1, 0.15) is 27.7 Å². The number of nitrogens with one attached hydrogen (secondary N) is 1. The Morgan fingerprint density at radius 3 is 2.15 bits per heavy atom. The topological polar surface area (TPSA) is 38.3 Å². The van der Waals surface area contributed by atoms with Crippen LogP contribution in [0.2, 0.25) is 0 Å². The van der Waals surface area contributed by atoms with Gasteiger partial charge in [0.1, 0.15) is 5.60 Å². The van der Waals surface area contributed by atoms with Crippen LogP contribution in [0, 0.1) is 6.92 Å². The molecule has 0 aliphatic heterocycles. The van der Waals surface area contributed by atoms with Crippen LogP contribution in [-0.2, 0) is 19.5 Å². The van der Waals surface area contributed by atoms with Crippen LogP contribution in [0.25, 0.3) is 0 Å². The van der Waals surface area contributed by atoms with Gasteiger partial charge in [0.05, 0.1) is 0 Å². The van der Waals surface area contributed by atoms with Crippen LogP contribution in [0.15, 0.2) is 0 Å². The molecule has 0 aliphatic rings. The SMILES string of the molecule is [CH2-][C@H](C)NC(=O)OC(C)(C)C.[Zn+][I]. The van der Waals surface area contributed by atoms with E-state index in [2.05, 4.69) is 32.0 Å². The summed E-state index contributed by atoms with van der Waals surface area (Å²) in [5, 5.41) is 2.53. The van der Waals surface area contributed by atoms with E-state index >= 15 is 0 Å². The molecule has 0 heterocycles. The van der Waals surface area contributed by atoms with E-state index in [4.69, 9.17) is 4.74 Å². The molecule has 0 aromatic carbocycles. The molecule has 13 heavy (non-hydrogen) atoms. The average molecular weight is 351 g/mol. The zero-order chi connectivity index (χ0) is 11.1. The molecule has 0 aliphatic carbocycles. The van der Waals surface area contributed by atoms with Gasteiger partial charge < -0.3 is 17.0 Å². The fourth-order valence-electron chi connectivity index (χ4n) is 0.509. The van der Waals surface area contributed by atoms with Gasteiger partial charge in [-0.2, -0.15) is 0 Å². The fraction of sp³-hybridized carbons (Fsp3) is 0.750. The first-order chi connectivity index (χ1) is 5.81. The molecule has 1 atom stereocenters. The molecule has 0 spiro atoms. The Balaban J connectivity index is 0. The third-order valence-corrected chi connectivity index (χ3v) is 0.763. The summed E-state index contributed by atoms with van der Waals surface area (Å²) in [6.45, 7) is 10.8. The van der Waals surface area contributed by atoms with Gasteiger partial charge in [-0.3, -0.25) is 0 Å². The molecule has 0 unspecified atom stereocenters. The summed E-state index contributed by atoms with van der Waals surface area (Å²) in [6, 6.07) is -0.121. The Morgan fingerprint density at radius 2 is 1.92 bits per heavy atom.